The highest BCUT2D eigenvalue weighted by Crippen LogP contribution is 2.17. The number of anilines is 1. The van der Waals surface area contributed by atoms with Crippen molar-refractivity contribution >= 4 is 32.5 Å². The number of pyridine rings is 1. The molecule has 0 atom stereocenters. The van der Waals surface area contributed by atoms with Crippen LogP contribution in [0.3, 0.4) is 0 Å². The van der Waals surface area contributed by atoms with E-state index in [1.807, 2.05) is 24.4 Å². The summed E-state index contributed by atoms with van der Waals surface area (Å²) in [4.78, 5) is 4.30. The maximum absolute atomic E-state index is 5.65. The Balaban J connectivity index is 2.66. The van der Waals surface area contributed by atoms with E-state index in [0.717, 1.165) is 21.9 Å². The summed E-state index contributed by atoms with van der Waals surface area (Å²) < 4.78 is 0. The van der Waals surface area contributed by atoms with E-state index in [2.05, 4.69) is 27.0 Å². The summed E-state index contributed by atoms with van der Waals surface area (Å²) in [6, 6.07) is 7.87. The lowest BCUT2D eigenvalue weighted by molar-refractivity contribution is 1.32. The summed E-state index contributed by atoms with van der Waals surface area (Å²) in [5.41, 5.74) is 8.53. The first kappa shape index (κ1) is 8.51. The fraction of sp³-hybridized carbons (Fsp3) is 0.100. The molecular formula is C10H9BrN2. The molecule has 2 nitrogen and oxygen atoms in total. The number of halogens is 1. The largest absolute Gasteiger partial charge is 0.399 e. The average Bonchev–Trinajstić information content (AvgIpc) is 2.17. The van der Waals surface area contributed by atoms with Crippen LogP contribution in [0, 0.1) is 0 Å². The van der Waals surface area contributed by atoms with Crippen LogP contribution in [0.25, 0.3) is 10.9 Å². The standard InChI is InChI=1S/C10H9BrN2/c11-5-7-3-8-1-2-9(12)4-10(8)13-6-7/h1-4,6H,5,12H2. The van der Waals surface area contributed by atoms with Gasteiger partial charge in [-0.2, -0.15) is 0 Å². The smallest absolute Gasteiger partial charge is 0.0722 e. The minimum Gasteiger partial charge on any atom is -0.399 e. The van der Waals surface area contributed by atoms with Crippen LogP contribution >= 0.6 is 15.9 Å². The van der Waals surface area contributed by atoms with E-state index in [9.17, 15) is 0 Å². The van der Waals surface area contributed by atoms with Crippen LogP contribution < -0.4 is 5.73 Å². The molecule has 1 aromatic carbocycles. The second kappa shape index (κ2) is 3.34. The van der Waals surface area contributed by atoms with Gasteiger partial charge in [-0.1, -0.05) is 22.0 Å². The Bertz CT molecular complexity index is 440. The normalized spacial score (nSPS) is 10.5. The molecule has 0 bridgehead atoms. The monoisotopic (exact) mass is 236 g/mol. The number of nitrogens with two attached hydrogens (primary N) is 1. The molecule has 1 aromatic heterocycles. The molecule has 3 heteroatoms. The Morgan fingerprint density at radius 3 is 2.92 bits per heavy atom. The number of nitrogens with zero attached hydrogens (tertiary/aromatic N) is 1. The van der Waals surface area contributed by atoms with Gasteiger partial charge in [0.2, 0.25) is 0 Å². The predicted octanol–water partition coefficient (Wildman–Crippen LogP) is 2.71. The summed E-state index contributed by atoms with van der Waals surface area (Å²) in [6.45, 7) is 0. The van der Waals surface area contributed by atoms with Crippen molar-refractivity contribution in [2.45, 2.75) is 5.33 Å². The number of hydrogen-bond acceptors (Lipinski definition) is 2. The minimum absolute atomic E-state index is 0.756. The third-order valence-corrected chi connectivity index (χ3v) is 2.57. The van der Waals surface area contributed by atoms with Crippen molar-refractivity contribution in [2.24, 2.45) is 0 Å². The van der Waals surface area contributed by atoms with E-state index in [4.69, 9.17) is 5.73 Å². The van der Waals surface area contributed by atoms with E-state index in [-0.39, 0.29) is 0 Å². The molecule has 0 radical (unpaired) electrons. The van der Waals surface area contributed by atoms with Gasteiger partial charge in [0, 0.05) is 22.6 Å². The van der Waals surface area contributed by atoms with Gasteiger partial charge in [-0.05, 0) is 23.8 Å². The number of benzene rings is 1. The quantitative estimate of drug-likeness (QED) is 0.611. The van der Waals surface area contributed by atoms with Crippen LogP contribution in [0.4, 0.5) is 5.69 Å². The van der Waals surface area contributed by atoms with Crippen molar-refractivity contribution < 1.29 is 0 Å². The molecule has 0 unspecified atom stereocenters. The van der Waals surface area contributed by atoms with E-state index >= 15 is 0 Å². The van der Waals surface area contributed by atoms with Crippen molar-refractivity contribution in [2.75, 3.05) is 5.73 Å². The zero-order valence-corrected chi connectivity index (χ0v) is 8.58. The Morgan fingerprint density at radius 2 is 2.15 bits per heavy atom. The highest BCUT2D eigenvalue weighted by molar-refractivity contribution is 9.08. The van der Waals surface area contributed by atoms with Crippen LogP contribution in [0.1, 0.15) is 5.56 Å². The maximum atomic E-state index is 5.65. The summed E-state index contributed by atoms with van der Waals surface area (Å²) in [5.74, 6) is 0. The van der Waals surface area contributed by atoms with E-state index < -0.39 is 0 Å². The number of nitrogen functional groups attached to an aromatic ring is 1. The first-order valence-electron chi connectivity index (χ1n) is 4.00. The van der Waals surface area contributed by atoms with Gasteiger partial charge >= 0.3 is 0 Å². The highest BCUT2D eigenvalue weighted by Gasteiger charge is 1.96. The summed E-state index contributed by atoms with van der Waals surface area (Å²) in [5, 5.41) is 1.96. The zero-order valence-electron chi connectivity index (χ0n) is 7.00. The summed E-state index contributed by atoms with van der Waals surface area (Å²) in [7, 11) is 0. The number of alkyl halides is 1. The molecule has 0 amide bonds. The zero-order chi connectivity index (χ0) is 9.26. The first-order chi connectivity index (χ1) is 6.29. The van der Waals surface area contributed by atoms with Crippen LogP contribution in [0.15, 0.2) is 30.5 Å². The molecule has 66 valence electrons. The van der Waals surface area contributed by atoms with Crippen LogP contribution in [0.2, 0.25) is 0 Å². The van der Waals surface area contributed by atoms with Gasteiger partial charge in [0.15, 0.2) is 0 Å². The lowest BCUT2D eigenvalue weighted by Crippen LogP contribution is -1.87. The SMILES string of the molecule is Nc1ccc2cc(CBr)cnc2c1. The molecule has 0 aliphatic rings. The molecule has 0 aliphatic carbocycles. The van der Waals surface area contributed by atoms with Gasteiger partial charge in [0.25, 0.3) is 0 Å². The van der Waals surface area contributed by atoms with Gasteiger partial charge in [0.1, 0.15) is 0 Å². The third kappa shape index (κ3) is 1.65. The Hall–Kier alpha value is -1.09. The van der Waals surface area contributed by atoms with Crippen molar-refractivity contribution in [3.8, 4) is 0 Å². The molecule has 0 spiro atoms. The first-order valence-corrected chi connectivity index (χ1v) is 5.12. The fourth-order valence-electron chi connectivity index (χ4n) is 1.26. The molecule has 2 N–H and O–H groups in total. The molecule has 0 saturated heterocycles. The van der Waals surface area contributed by atoms with Gasteiger partial charge in [0.05, 0.1) is 5.52 Å². The maximum Gasteiger partial charge on any atom is 0.0722 e. The lowest BCUT2D eigenvalue weighted by Gasteiger charge is -2.00. The highest BCUT2D eigenvalue weighted by atomic mass is 79.9. The number of hydrogen-bond donors (Lipinski definition) is 1. The van der Waals surface area contributed by atoms with Crippen molar-refractivity contribution in [3.05, 3.63) is 36.0 Å². The van der Waals surface area contributed by atoms with Crippen molar-refractivity contribution in [1.29, 1.82) is 0 Å². The minimum atomic E-state index is 0.756. The number of rotatable bonds is 1. The van der Waals surface area contributed by atoms with E-state index in [1.54, 1.807) is 0 Å². The predicted molar refractivity (Wildman–Crippen MR) is 58.8 cm³/mol. The lowest BCUT2D eigenvalue weighted by atomic mass is 10.1. The van der Waals surface area contributed by atoms with Gasteiger partial charge in [-0.3, -0.25) is 4.98 Å². The Labute approximate surface area is 84.9 Å². The second-order valence-corrected chi connectivity index (χ2v) is 3.49. The molecule has 2 aromatic rings. The molecule has 0 aliphatic heterocycles. The van der Waals surface area contributed by atoms with Crippen LogP contribution in [0.5, 0.6) is 0 Å². The number of aromatic nitrogens is 1. The second-order valence-electron chi connectivity index (χ2n) is 2.93. The molecular weight excluding hydrogens is 228 g/mol. The topological polar surface area (TPSA) is 38.9 Å². The third-order valence-electron chi connectivity index (χ3n) is 1.92. The molecule has 2 rings (SSSR count). The van der Waals surface area contributed by atoms with Crippen LogP contribution in [-0.4, -0.2) is 4.98 Å². The Morgan fingerprint density at radius 1 is 1.31 bits per heavy atom. The molecule has 13 heavy (non-hydrogen) atoms. The summed E-state index contributed by atoms with van der Waals surface area (Å²) in [6.07, 6.45) is 1.86. The summed E-state index contributed by atoms with van der Waals surface area (Å²) >= 11 is 3.39. The van der Waals surface area contributed by atoms with Gasteiger partial charge in [-0.15, -0.1) is 0 Å². The molecule has 0 saturated carbocycles. The van der Waals surface area contributed by atoms with Gasteiger partial charge < -0.3 is 5.73 Å². The van der Waals surface area contributed by atoms with Crippen LogP contribution in [-0.2, 0) is 5.33 Å². The van der Waals surface area contributed by atoms with Crippen molar-refractivity contribution in [1.82, 2.24) is 4.98 Å². The number of fused-ring (bicyclic) bond motifs is 1. The van der Waals surface area contributed by atoms with E-state index in [0.29, 0.717) is 0 Å². The van der Waals surface area contributed by atoms with E-state index in [1.165, 1.54) is 5.56 Å². The molecule has 1 heterocycles. The van der Waals surface area contributed by atoms with Gasteiger partial charge in [-0.25, -0.2) is 0 Å². The Kier molecular flexibility index (Phi) is 2.19. The molecule has 0 fully saturated rings. The van der Waals surface area contributed by atoms with Crippen molar-refractivity contribution in [3.63, 3.8) is 0 Å². The fourth-order valence-corrected chi connectivity index (χ4v) is 1.56. The average molecular weight is 237 g/mol.